The third-order valence-corrected chi connectivity index (χ3v) is 2.45. The van der Waals surface area contributed by atoms with E-state index in [4.69, 9.17) is 4.52 Å². The van der Waals surface area contributed by atoms with E-state index < -0.39 is 0 Å². The molecule has 2 rings (SSSR count). The van der Waals surface area contributed by atoms with Gasteiger partial charge in [-0.1, -0.05) is 17.3 Å². The molecular weight excluding hydrogens is 224 g/mol. The van der Waals surface area contributed by atoms with E-state index in [1.54, 1.807) is 24.3 Å². The second-order valence-corrected chi connectivity index (χ2v) is 3.66. The minimum absolute atomic E-state index is 0.179. The number of carbonyl (C=O) groups excluding carboxylic acids is 1. The summed E-state index contributed by atoms with van der Waals surface area (Å²) in [6.07, 6.45) is 1.54. The van der Waals surface area contributed by atoms with Crippen LogP contribution in [0.25, 0.3) is 0 Å². The van der Waals surface area contributed by atoms with Gasteiger partial charge >= 0.3 is 0 Å². The van der Waals surface area contributed by atoms with E-state index in [1.807, 2.05) is 6.07 Å². The van der Waals surface area contributed by atoms with Crippen LogP contribution < -0.4 is 5.32 Å². The summed E-state index contributed by atoms with van der Waals surface area (Å²) in [5, 5.41) is 6.27. The number of rotatable bonds is 3. The zero-order chi connectivity index (χ0) is 11.4. The monoisotopic (exact) mass is 234 g/mol. The molecule has 0 saturated heterocycles. The molecule has 0 aliphatic carbocycles. The lowest BCUT2D eigenvalue weighted by molar-refractivity contribution is 0.0944. The Hall–Kier alpha value is -1.75. The molecule has 0 radical (unpaired) electrons. The lowest BCUT2D eigenvalue weighted by atomic mass is 10.2. The van der Waals surface area contributed by atoms with E-state index in [-0.39, 0.29) is 5.91 Å². The van der Waals surface area contributed by atoms with Crippen molar-refractivity contribution in [3.8, 4) is 0 Å². The van der Waals surface area contributed by atoms with Crippen LogP contribution in [0.3, 0.4) is 0 Å². The van der Waals surface area contributed by atoms with Gasteiger partial charge in [0.1, 0.15) is 0 Å². The van der Waals surface area contributed by atoms with Crippen molar-refractivity contribution in [2.75, 3.05) is 0 Å². The number of benzene rings is 1. The van der Waals surface area contributed by atoms with Gasteiger partial charge in [0.05, 0.1) is 18.3 Å². The maximum atomic E-state index is 11.7. The Balaban J connectivity index is 2.01. The van der Waals surface area contributed by atoms with E-state index in [0.29, 0.717) is 22.8 Å². The molecule has 0 spiro atoms. The fourth-order valence-electron chi connectivity index (χ4n) is 1.26. The van der Waals surface area contributed by atoms with E-state index in [1.165, 1.54) is 6.20 Å². The molecule has 82 valence electrons. The first kappa shape index (κ1) is 10.8. The smallest absolute Gasteiger partial charge is 0.252 e. The third-order valence-electron chi connectivity index (χ3n) is 2.06. The highest BCUT2D eigenvalue weighted by Gasteiger charge is 2.08. The van der Waals surface area contributed by atoms with Crippen molar-refractivity contribution in [1.29, 1.82) is 0 Å². The average Bonchev–Trinajstić information content (AvgIpc) is 2.79. The number of carbonyl (C=O) groups is 1. The number of hydrogen-bond donors (Lipinski definition) is 2. The molecule has 0 aliphatic heterocycles. The average molecular weight is 234 g/mol. The summed E-state index contributed by atoms with van der Waals surface area (Å²) in [5.74, 6) is 0.437. The summed E-state index contributed by atoms with van der Waals surface area (Å²) < 4.78 is 4.87. The van der Waals surface area contributed by atoms with Gasteiger partial charge in [0.15, 0.2) is 5.76 Å². The summed E-state index contributed by atoms with van der Waals surface area (Å²) in [7, 11) is 0. The largest absolute Gasteiger partial charge is 0.360 e. The van der Waals surface area contributed by atoms with Crippen LogP contribution in [0.15, 0.2) is 45.9 Å². The van der Waals surface area contributed by atoms with Crippen molar-refractivity contribution in [1.82, 2.24) is 10.5 Å². The van der Waals surface area contributed by atoms with E-state index in [9.17, 15) is 4.79 Å². The zero-order valence-electron chi connectivity index (χ0n) is 8.38. The summed E-state index contributed by atoms with van der Waals surface area (Å²) in [4.78, 5) is 12.4. The van der Waals surface area contributed by atoms with Gasteiger partial charge in [-0.05, 0) is 12.1 Å². The van der Waals surface area contributed by atoms with Crippen LogP contribution in [-0.4, -0.2) is 11.1 Å². The predicted octanol–water partition coefficient (Wildman–Crippen LogP) is 1.89. The van der Waals surface area contributed by atoms with Crippen molar-refractivity contribution in [3.63, 3.8) is 0 Å². The number of aromatic nitrogens is 1. The minimum Gasteiger partial charge on any atom is -0.360 e. The molecule has 5 heteroatoms. The van der Waals surface area contributed by atoms with E-state index >= 15 is 0 Å². The molecule has 0 unspecified atom stereocenters. The van der Waals surface area contributed by atoms with Crippen LogP contribution in [-0.2, 0) is 6.54 Å². The molecule has 0 fully saturated rings. The lowest BCUT2D eigenvalue weighted by Crippen LogP contribution is -2.22. The van der Waals surface area contributed by atoms with Gasteiger partial charge < -0.3 is 9.84 Å². The normalized spacial score (nSPS) is 10.1. The highest BCUT2D eigenvalue weighted by atomic mass is 32.1. The van der Waals surface area contributed by atoms with Crippen LogP contribution in [0.4, 0.5) is 0 Å². The maximum Gasteiger partial charge on any atom is 0.252 e. The molecule has 4 nitrogen and oxygen atoms in total. The maximum absolute atomic E-state index is 11.7. The number of nitrogens with zero attached hydrogens (tertiary/aromatic N) is 1. The molecule has 1 heterocycles. The minimum atomic E-state index is -0.179. The van der Waals surface area contributed by atoms with Gasteiger partial charge in [-0.3, -0.25) is 4.79 Å². The number of amides is 1. The first-order valence-electron chi connectivity index (χ1n) is 4.73. The van der Waals surface area contributed by atoms with Crippen molar-refractivity contribution < 1.29 is 9.32 Å². The Kier molecular flexibility index (Phi) is 3.26. The van der Waals surface area contributed by atoms with Gasteiger partial charge in [-0.25, -0.2) is 0 Å². The number of thiol groups is 1. The van der Waals surface area contributed by atoms with Crippen LogP contribution in [0.2, 0.25) is 0 Å². The molecule has 1 N–H and O–H groups in total. The van der Waals surface area contributed by atoms with Gasteiger partial charge in [-0.2, -0.15) is 0 Å². The predicted molar refractivity (Wildman–Crippen MR) is 61.4 cm³/mol. The van der Waals surface area contributed by atoms with Crippen LogP contribution in [0.5, 0.6) is 0 Å². The Bertz CT molecular complexity index is 482. The SMILES string of the molecule is O=C(NCc1ccno1)c1ccccc1S. The Morgan fingerprint density at radius 1 is 1.38 bits per heavy atom. The summed E-state index contributed by atoms with van der Waals surface area (Å²) >= 11 is 4.21. The topological polar surface area (TPSA) is 55.1 Å². The third kappa shape index (κ3) is 2.43. The van der Waals surface area contributed by atoms with Crippen LogP contribution >= 0.6 is 12.6 Å². The summed E-state index contributed by atoms with van der Waals surface area (Å²) in [5.41, 5.74) is 0.547. The standard InChI is InChI=1S/C11H10N2O2S/c14-11(9-3-1-2-4-10(9)16)12-7-8-5-6-13-15-8/h1-6,16H,7H2,(H,12,14). The molecule has 0 aliphatic rings. The molecular formula is C11H10N2O2S. The second-order valence-electron chi connectivity index (χ2n) is 3.18. The van der Waals surface area contributed by atoms with Crippen LogP contribution in [0.1, 0.15) is 16.1 Å². The van der Waals surface area contributed by atoms with E-state index in [2.05, 4.69) is 23.1 Å². The van der Waals surface area contributed by atoms with Gasteiger partial charge in [-0.15, -0.1) is 12.6 Å². The Morgan fingerprint density at radius 3 is 2.88 bits per heavy atom. The molecule has 0 saturated carbocycles. The van der Waals surface area contributed by atoms with Crippen molar-refractivity contribution in [2.24, 2.45) is 0 Å². The quantitative estimate of drug-likeness (QED) is 0.797. The molecule has 1 amide bonds. The second kappa shape index (κ2) is 4.85. The Labute approximate surface area is 98.1 Å². The number of nitrogens with one attached hydrogen (secondary N) is 1. The number of hydrogen-bond acceptors (Lipinski definition) is 4. The lowest BCUT2D eigenvalue weighted by Gasteiger charge is -2.04. The van der Waals surface area contributed by atoms with Crippen molar-refractivity contribution in [2.45, 2.75) is 11.4 Å². The van der Waals surface area contributed by atoms with Gasteiger partial charge in [0.25, 0.3) is 5.91 Å². The zero-order valence-corrected chi connectivity index (χ0v) is 9.28. The van der Waals surface area contributed by atoms with Crippen LogP contribution in [0, 0.1) is 0 Å². The fraction of sp³-hybridized carbons (Fsp3) is 0.0909. The first-order chi connectivity index (χ1) is 7.77. The molecule has 1 aromatic carbocycles. The highest BCUT2D eigenvalue weighted by Crippen LogP contribution is 2.12. The van der Waals surface area contributed by atoms with Crippen molar-refractivity contribution in [3.05, 3.63) is 47.9 Å². The summed E-state index contributed by atoms with van der Waals surface area (Å²) in [6.45, 7) is 0.320. The molecule has 0 bridgehead atoms. The molecule has 2 aromatic rings. The fourth-order valence-corrected chi connectivity index (χ4v) is 1.52. The van der Waals surface area contributed by atoms with Gasteiger partial charge in [0.2, 0.25) is 0 Å². The summed E-state index contributed by atoms with van der Waals surface area (Å²) in [6, 6.07) is 8.82. The van der Waals surface area contributed by atoms with Gasteiger partial charge in [0, 0.05) is 11.0 Å². The van der Waals surface area contributed by atoms with Crippen molar-refractivity contribution >= 4 is 18.5 Å². The molecule has 0 atom stereocenters. The first-order valence-corrected chi connectivity index (χ1v) is 5.18. The van der Waals surface area contributed by atoms with E-state index in [0.717, 1.165) is 0 Å². The molecule has 1 aromatic heterocycles. The molecule has 16 heavy (non-hydrogen) atoms. The Morgan fingerprint density at radius 2 is 2.19 bits per heavy atom. The highest BCUT2D eigenvalue weighted by molar-refractivity contribution is 7.80.